The van der Waals surface area contributed by atoms with Crippen molar-refractivity contribution in [3.8, 4) is 0 Å². The summed E-state index contributed by atoms with van der Waals surface area (Å²) in [6.45, 7) is 13.5. The zero-order valence-corrected chi connectivity index (χ0v) is 21.6. The molecule has 0 bridgehead atoms. The van der Waals surface area contributed by atoms with Crippen molar-refractivity contribution < 1.29 is 28.4 Å². The van der Waals surface area contributed by atoms with Crippen LogP contribution in [0.3, 0.4) is 0 Å². The number of amides is 3. The Hall–Kier alpha value is -2.57. The molecule has 2 aliphatic heterocycles. The Morgan fingerprint density at radius 3 is 2.26 bits per heavy atom. The number of carbonyl (C=O) groups excluding carboxylic acids is 3. The van der Waals surface area contributed by atoms with E-state index in [-0.39, 0.29) is 12.3 Å². The molecule has 12 heteroatoms. The molecule has 2 fully saturated rings. The van der Waals surface area contributed by atoms with Crippen LogP contribution in [-0.4, -0.2) is 89.7 Å². The van der Waals surface area contributed by atoms with Crippen molar-refractivity contribution in [2.24, 2.45) is 0 Å². The predicted octanol–water partition coefficient (Wildman–Crippen LogP) is 0.661. The first-order valence-corrected chi connectivity index (χ1v) is 11.9. The lowest BCUT2D eigenvalue weighted by atomic mass is 9.76. The molecule has 1 aromatic heterocycles. The molecule has 0 aromatic carbocycles. The second kappa shape index (κ2) is 12.9. The van der Waals surface area contributed by atoms with Crippen molar-refractivity contribution in [1.82, 2.24) is 25.5 Å². The number of rotatable bonds is 8. The average Bonchev–Trinajstić information content (AvgIpc) is 3.05. The fourth-order valence-electron chi connectivity index (χ4n) is 3.50. The fourth-order valence-corrected chi connectivity index (χ4v) is 3.50. The van der Waals surface area contributed by atoms with Gasteiger partial charge in [0.05, 0.1) is 42.5 Å². The maximum Gasteiger partial charge on any atom is 0.481 e. The topological polar surface area (TPSA) is 132 Å². The molecule has 0 saturated carbocycles. The third kappa shape index (κ3) is 8.26. The second-order valence-electron chi connectivity index (χ2n) is 9.53. The Kier molecular flexibility index (Phi) is 10.6. The molecule has 3 amide bonds. The Morgan fingerprint density at radius 2 is 1.80 bits per heavy atom. The van der Waals surface area contributed by atoms with Crippen LogP contribution in [0.15, 0.2) is 18.6 Å². The molecule has 0 radical (unpaired) electrons. The predicted molar refractivity (Wildman–Crippen MR) is 130 cm³/mol. The van der Waals surface area contributed by atoms with Crippen molar-refractivity contribution in [2.75, 3.05) is 26.3 Å². The summed E-state index contributed by atoms with van der Waals surface area (Å²) in [5.41, 5.74) is -0.0620. The van der Waals surface area contributed by atoms with Crippen molar-refractivity contribution in [3.05, 3.63) is 24.3 Å². The van der Waals surface area contributed by atoms with Gasteiger partial charge in [0.1, 0.15) is 6.04 Å². The van der Waals surface area contributed by atoms with E-state index < -0.39 is 36.2 Å². The number of nitrogens with one attached hydrogen (secondary N) is 2. The molecule has 1 aromatic rings. The third-order valence-corrected chi connectivity index (χ3v) is 6.39. The van der Waals surface area contributed by atoms with Gasteiger partial charge in [-0.05, 0) is 41.0 Å². The number of aryl methyl sites for hydroxylation is 1. The van der Waals surface area contributed by atoms with Gasteiger partial charge in [0.2, 0.25) is 18.2 Å². The molecule has 2 aliphatic rings. The molecular weight excluding hydrogens is 453 g/mol. The summed E-state index contributed by atoms with van der Waals surface area (Å²) >= 11 is 0. The highest BCUT2D eigenvalue weighted by Crippen LogP contribution is 2.37. The van der Waals surface area contributed by atoms with Gasteiger partial charge >= 0.3 is 7.12 Å². The van der Waals surface area contributed by atoms with Gasteiger partial charge in [-0.1, -0.05) is 6.92 Å². The van der Waals surface area contributed by atoms with Crippen molar-refractivity contribution >= 4 is 25.3 Å². The van der Waals surface area contributed by atoms with Gasteiger partial charge < -0.3 is 29.6 Å². The zero-order chi connectivity index (χ0) is 26.1. The van der Waals surface area contributed by atoms with Crippen LogP contribution in [0.4, 0.5) is 0 Å². The van der Waals surface area contributed by atoms with Crippen LogP contribution in [0.2, 0.25) is 0 Å². The van der Waals surface area contributed by atoms with Gasteiger partial charge in [0.15, 0.2) is 0 Å². The van der Waals surface area contributed by atoms with Crippen LogP contribution in [0.1, 0.15) is 53.2 Å². The van der Waals surface area contributed by atoms with Crippen LogP contribution in [-0.2, 0) is 28.4 Å². The van der Waals surface area contributed by atoms with Crippen LogP contribution >= 0.6 is 0 Å². The van der Waals surface area contributed by atoms with Crippen molar-refractivity contribution in [3.63, 3.8) is 0 Å². The standard InChI is InChI=1S/C18H32BN3O6.C5H6N2/c1-6-14(19-27-17(2,3)18(4,5)28-19)21-16(25)13(20-12-23)11-15(24)22-7-9-26-10-8-22;1-5-4-6-2-3-7-5/h12-14H,6-11H2,1-5H3,(H,20,23)(H,21,25);2-4H,1H3. The maximum absolute atomic E-state index is 12.8. The highest BCUT2D eigenvalue weighted by atomic mass is 16.7. The molecule has 35 heavy (non-hydrogen) atoms. The number of hydrogen-bond acceptors (Lipinski definition) is 8. The Bertz CT molecular complexity index is 819. The van der Waals surface area contributed by atoms with E-state index in [2.05, 4.69) is 20.6 Å². The molecule has 0 spiro atoms. The number of hydrogen-bond donors (Lipinski definition) is 2. The fraction of sp³-hybridized carbons (Fsp3) is 0.696. The van der Waals surface area contributed by atoms with E-state index in [1.807, 2.05) is 41.5 Å². The van der Waals surface area contributed by atoms with E-state index in [0.29, 0.717) is 39.1 Å². The van der Waals surface area contributed by atoms with Gasteiger partial charge in [0, 0.05) is 31.7 Å². The zero-order valence-electron chi connectivity index (χ0n) is 21.6. The summed E-state index contributed by atoms with van der Waals surface area (Å²) < 4.78 is 17.3. The Labute approximate surface area is 207 Å². The minimum atomic E-state index is -0.954. The molecule has 2 atom stereocenters. The number of carbonyl (C=O) groups is 3. The minimum absolute atomic E-state index is 0.107. The first-order chi connectivity index (χ1) is 16.5. The lowest BCUT2D eigenvalue weighted by Gasteiger charge is -2.32. The van der Waals surface area contributed by atoms with Crippen LogP contribution < -0.4 is 10.6 Å². The summed E-state index contributed by atoms with van der Waals surface area (Å²) in [5.74, 6) is -1.03. The average molecular weight is 491 g/mol. The highest BCUT2D eigenvalue weighted by molar-refractivity contribution is 6.48. The van der Waals surface area contributed by atoms with Gasteiger partial charge in [-0.15, -0.1) is 0 Å². The largest absolute Gasteiger partial charge is 0.481 e. The molecule has 2 unspecified atom stereocenters. The molecule has 3 rings (SSSR count). The summed E-state index contributed by atoms with van der Waals surface area (Å²) in [5, 5.41) is 5.32. The van der Waals surface area contributed by atoms with Gasteiger partial charge in [-0.3, -0.25) is 24.4 Å². The van der Waals surface area contributed by atoms with Crippen LogP contribution in [0, 0.1) is 6.92 Å². The Morgan fingerprint density at radius 1 is 1.17 bits per heavy atom. The lowest BCUT2D eigenvalue weighted by molar-refractivity contribution is -0.138. The molecule has 0 aliphatic carbocycles. The number of nitrogens with zero attached hydrogens (tertiary/aromatic N) is 3. The summed E-state index contributed by atoms with van der Waals surface area (Å²) in [6, 6.07) is -0.954. The van der Waals surface area contributed by atoms with E-state index >= 15 is 0 Å². The SMILES string of the molecule is CCC(NC(=O)C(CC(=O)N1CCOCC1)NC=O)B1OC(C)(C)C(C)(C)O1.Cc1cnccn1. The summed E-state index contributed by atoms with van der Waals surface area (Å²) in [4.78, 5) is 45.6. The molecule has 194 valence electrons. The van der Waals surface area contributed by atoms with Crippen molar-refractivity contribution in [2.45, 2.75) is 77.6 Å². The van der Waals surface area contributed by atoms with Gasteiger partial charge in [-0.2, -0.15) is 0 Å². The van der Waals surface area contributed by atoms with E-state index in [0.717, 1.165) is 5.69 Å². The Balaban J connectivity index is 0.000000527. The smallest absolute Gasteiger partial charge is 0.402 e. The number of aromatic nitrogens is 2. The van der Waals surface area contributed by atoms with Crippen LogP contribution in [0.5, 0.6) is 0 Å². The molecule has 11 nitrogen and oxygen atoms in total. The summed E-state index contributed by atoms with van der Waals surface area (Å²) in [6.07, 6.45) is 5.97. The monoisotopic (exact) mass is 491 g/mol. The second-order valence-corrected chi connectivity index (χ2v) is 9.53. The first kappa shape index (κ1) is 28.7. The van der Waals surface area contributed by atoms with Crippen molar-refractivity contribution in [1.29, 1.82) is 0 Å². The summed E-state index contributed by atoms with van der Waals surface area (Å²) in [7, 11) is -0.606. The quantitative estimate of drug-likeness (QED) is 0.401. The lowest BCUT2D eigenvalue weighted by Crippen LogP contribution is -2.54. The first-order valence-electron chi connectivity index (χ1n) is 11.9. The van der Waals surface area contributed by atoms with E-state index in [4.69, 9.17) is 14.0 Å². The number of ether oxygens (including phenoxy) is 1. The van der Waals surface area contributed by atoms with E-state index in [9.17, 15) is 14.4 Å². The third-order valence-electron chi connectivity index (χ3n) is 6.39. The molecule has 2 saturated heterocycles. The minimum Gasteiger partial charge on any atom is -0.402 e. The highest BCUT2D eigenvalue weighted by Gasteiger charge is 2.53. The molecule has 2 N–H and O–H groups in total. The molecular formula is C23H38BN5O6. The van der Waals surface area contributed by atoms with Crippen LogP contribution in [0.25, 0.3) is 0 Å². The normalized spacial score (nSPS) is 20.2. The maximum atomic E-state index is 12.8. The van der Waals surface area contributed by atoms with E-state index in [1.54, 1.807) is 23.5 Å². The van der Waals surface area contributed by atoms with E-state index in [1.165, 1.54) is 0 Å². The van der Waals surface area contributed by atoms with Gasteiger partial charge in [-0.25, -0.2) is 0 Å². The number of morpholine rings is 1. The van der Waals surface area contributed by atoms with Gasteiger partial charge in [0.25, 0.3) is 0 Å². The molecule has 3 heterocycles.